The summed E-state index contributed by atoms with van der Waals surface area (Å²) in [5, 5.41) is 18.8. The molecule has 9 heteroatoms. The molecule has 0 aliphatic carbocycles. The lowest BCUT2D eigenvalue weighted by molar-refractivity contribution is 0.598. The number of hydrogen-bond donors (Lipinski definition) is 1. The maximum Gasteiger partial charge on any atom is 0.238 e. The van der Waals surface area contributed by atoms with Crippen LogP contribution in [0, 0.1) is 20.8 Å². The van der Waals surface area contributed by atoms with Gasteiger partial charge in [-0.25, -0.2) is 18.2 Å². The van der Waals surface area contributed by atoms with Gasteiger partial charge in [-0.15, -0.1) is 5.11 Å². The summed E-state index contributed by atoms with van der Waals surface area (Å²) >= 11 is 6.21. The summed E-state index contributed by atoms with van der Waals surface area (Å²) in [5.74, 6) is 0. The fourth-order valence-electron chi connectivity index (χ4n) is 2.65. The second-order valence-corrected chi connectivity index (χ2v) is 8.02. The number of primary sulfonamides is 1. The molecule has 0 aliphatic heterocycles. The van der Waals surface area contributed by atoms with E-state index >= 15 is 0 Å². The lowest BCUT2D eigenvalue weighted by atomic mass is 10.2. The van der Waals surface area contributed by atoms with Gasteiger partial charge in [-0.3, -0.25) is 0 Å². The van der Waals surface area contributed by atoms with Crippen LogP contribution in [0.25, 0.3) is 5.69 Å². The number of aryl methyl sites for hydroxylation is 1. The minimum absolute atomic E-state index is 0.0260. The van der Waals surface area contributed by atoms with E-state index in [9.17, 15) is 8.42 Å². The van der Waals surface area contributed by atoms with Gasteiger partial charge in [0.15, 0.2) is 0 Å². The van der Waals surface area contributed by atoms with Crippen molar-refractivity contribution >= 4 is 33.0 Å². The Bertz CT molecular complexity index is 1140. The third-order valence-corrected chi connectivity index (χ3v) is 5.49. The zero-order chi connectivity index (χ0) is 19.8. The van der Waals surface area contributed by atoms with Crippen molar-refractivity contribution in [3.63, 3.8) is 0 Å². The molecular weight excluding hydrogens is 386 g/mol. The molecule has 0 aliphatic rings. The molecule has 2 N–H and O–H groups in total. The number of hydrogen-bond acceptors (Lipinski definition) is 5. The van der Waals surface area contributed by atoms with Crippen molar-refractivity contribution in [1.29, 1.82) is 0 Å². The van der Waals surface area contributed by atoms with Crippen LogP contribution >= 0.6 is 11.6 Å². The summed E-state index contributed by atoms with van der Waals surface area (Å²) in [6.45, 7) is 5.68. The van der Waals surface area contributed by atoms with Gasteiger partial charge in [0.1, 0.15) is 5.69 Å². The number of nitrogens with two attached hydrogens (primary N) is 1. The van der Waals surface area contributed by atoms with Crippen LogP contribution in [0.15, 0.2) is 57.6 Å². The Morgan fingerprint density at radius 1 is 1.04 bits per heavy atom. The van der Waals surface area contributed by atoms with Crippen molar-refractivity contribution in [3.8, 4) is 5.69 Å². The fourth-order valence-corrected chi connectivity index (χ4v) is 3.33. The predicted octanol–water partition coefficient (Wildman–Crippen LogP) is 4.51. The molecule has 0 amide bonds. The SMILES string of the molecule is Cc1nn(-c2cccc(Cl)c2C)c(C)c1N=Nc1ccc(S(N)(=O)=O)cc1. The zero-order valence-corrected chi connectivity index (χ0v) is 16.6. The van der Waals surface area contributed by atoms with E-state index < -0.39 is 10.0 Å². The Balaban J connectivity index is 1.96. The molecule has 0 atom stereocenters. The molecule has 3 rings (SSSR count). The number of benzene rings is 2. The lowest BCUT2D eigenvalue weighted by Gasteiger charge is -2.09. The number of rotatable bonds is 4. The van der Waals surface area contributed by atoms with E-state index in [0.717, 1.165) is 22.6 Å². The topological polar surface area (TPSA) is 103 Å². The molecule has 0 radical (unpaired) electrons. The zero-order valence-electron chi connectivity index (χ0n) is 15.0. The number of aromatic nitrogens is 2. The highest BCUT2D eigenvalue weighted by Crippen LogP contribution is 2.30. The first kappa shape index (κ1) is 19.2. The summed E-state index contributed by atoms with van der Waals surface area (Å²) in [4.78, 5) is 0.0260. The van der Waals surface area contributed by atoms with Crippen molar-refractivity contribution in [2.24, 2.45) is 15.4 Å². The van der Waals surface area contributed by atoms with E-state index in [1.54, 1.807) is 16.8 Å². The average molecular weight is 404 g/mol. The van der Waals surface area contributed by atoms with Gasteiger partial charge >= 0.3 is 0 Å². The first-order valence-corrected chi connectivity index (χ1v) is 9.97. The Morgan fingerprint density at radius 3 is 2.33 bits per heavy atom. The quantitative estimate of drug-likeness (QED) is 0.648. The molecule has 0 bridgehead atoms. The van der Waals surface area contributed by atoms with Gasteiger partial charge in [-0.05, 0) is 62.7 Å². The molecular formula is C18H18ClN5O2S. The van der Waals surface area contributed by atoms with E-state index in [2.05, 4.69) is 15.3 Å². The highest BCUT2D eigenvalue weighted by atomic mass is 35.5. The second kappa shape index (κ2) is 7.22. The summed E-state index contributed by atoms with van der Waals surface area (Å²) in [7, 11) is -3.73. The lowest BCUT2D eigenvalue weighted by Crippen LogP contribution is -2.11. The third kappa shape index (κ3) is 3.92. The summed E-state index contributed by atoms with van der Waals surface area (Å²) in [6, 6.07) is 11.5. The number of azo groups is 1. The summed E-state index contributed by atoms with van der Waals surface area (Å²) < 4.78 is 24.4. The van der Waals surface area contributed by atoms with Gasteiger partial charge in [-0.1, -0.05) is 17.7 Å². The number of halogens is 1. The van der Waals surface area contributed by atoms with Crippen molar-refractivity contribution in [3.05, 3.63) is 64.4 Å². The molecule has 27 heavy (non-hydrogen) atoms. The predicted molar refractivity (Wildman–Crippen MR) is 105 cm³/mol. The van der Waals surface area contributed by atoms with Crippen molar-refractivity contribution < 1.29 is 8.42 Å². The minimum Gasteiger partial charge on any atom is -0.235 e. The minimum atomic E-state index is -3.73. The number of nitrogens with zero attached hydrogens (tertiary/aromatic N) is 4. The number of sulfonamides is 1. The van der Waals surface area contributed by atoms with Gasteiger partial charge in [0.25, 0.3) is 0 Å². The van der Waals surface area contributed by atoms with Crippen LogP contribution in [0.4, 0.5) is 11.4 Å². The van der Waals surface area contributed by atoms with E-state index in [0.29, 0.717) is 16.4 Å². The van der Waals surface area contributed by atoms with Crippen molar-refractivity contribution in [2.75, 3.05) is 0 Å². The van der Waals surface area contributed by atoms with E-state index in [1.807, 2.05) is 39.0 Å². The molecule has 0 unspecified atom stereocenters. The van der Waals surface area contributed by atoms with Crippen LogP contribution in [0.2, 0.25) is 5.02 Å². The summed E-state index contributed by atoms with van der Waals surface area (Å²) in [5.41, 5.74) is 4.49. The van der Waals surface area contributed by atoms with Gasteiger partial charge in [0, 0.05) is 5.02 Å². The maximum atomic E-state index is 11.3. The highest BCUT2D eigenvalue weighted by Gasteiger charge is 2.15. The third-order valence-electron chi connectivity index (χ3n) is 4.15. The maximum absolute atomic E-state index is 11.3. The molecule has 140 valence electrons. The Labute approximate surface area is 162 Å². The monoisotopic (exact) mass is 403 g/mol. The fraction of sp³-hybridized carbons (Fsp3) is 0.167. The molecule has 0 saturated heterocycles. The highest BCUT2D eigenvalue weighted by molar-refractivity contribution is 7.89. The van der Waals surface area contributed by atoms with Gasteiger partial charge in [-0.2, -0.15) is 10.2 Å². The van der Waals surface area contributed by atoms with Crippen molar-refractivity contribution in [2.45, 2.75) is 25.7 Å². The summed E-state index contributed by atoms with van der Waals surface area (Å²) in [6.07, 6.45) is 0. The second-order valence-electron chi connectivity index (χ2n) is 6.05. The first-order valence-electron chi connectivity index (χ1n) is 8.05. The molecule has 1 heterocycles. The Morgan fingerprint density at radius 2 is 1.70 bits per heavy atom. The van der Waals surface area contributed by atoms with E-state index in [-0.39, 0.29) is 4.90 Å². The smallest absolute Gasteiger partial charge is 0.235 e. The Kier molecular flexibility index (Phi) is 5.14. The van der Waals surface area contributed by atoms with Gasteiger partial charge in [0.2, 0.25) is 10.0 Å². The largest absolute Gasteiger partial charge is 0.238 e. The molecule has 0 fully saturated rings. The molecule has 2 aromatic carbocycles. The van der Waals surface area contributed by atoms with E-state index in [4.69, 9.17) is 16.7 Å². The van der Waals surface area contributed by atoms with Crippen LogP contribution in [-0.4, -0.2) is 18.2 Å². The van der Waals surface area contributed by atoms with Crippen LogP contribution in [0.1, 0.15) is 17.0 Å². The van der Waals surface area contributed by atoms with Crippen LogP contribution in [0.3, 0.4) is 0 Å². The molecule has 0 saturated carbocycles. The van der Waals surface area contributed by atoms with Crippen LogP contribution in [0.5, 0.6) is 0 Å². The van der Waals surface area contributed by atoms with E-state index in [1.165, 1.54) is 12.1 Å². The molecule has 3 aromatic rings. The molecule has 7 nitrogen and oxygen atoms in total. The van der Waals surface area contributed by atoms with Crippen LogP contribution in [-0.2, 0) is 10.0 Å². The van der Waals surface area contributed by atoms with Gasteiger partial charge in [0.05, 0.1) is 27.7 Å². The molecule has 1 aromatic heterocycles. The van der Waals surface area contributed by atoms with Crippen LogP contribution < -0.4 is 5.14 Å². The Hall–Kier alpha value is -2.55. The van der Waals surface area contributed by atoms with Crippen molar-refractivity contribution in [1.82, 2.24) is 9.78 Å². The first-order chi connectivity index (χ1) is 12.7. The standard InChI is InChI=1S/C18H18ClN5O2S/c1-11-16(19)5-4-6-17(11)24-13(3)18(12(2)23-24)22-21-14-7-9-15(10-8-14)27(20,25)26/h4-10H,1-3H3,(H2,20,25,26). The molecule has 0 spiro atoms. The average Bonchev–Trinajstić information content (AvgIpc) is 2.89. The van der Waals surface area contributed by atoms with Gasteiger partial charge < -0.3 is 0 Å². The normalized spacial score (nSPS) is 12.0.